The Labute approximate surface area is 123 Å². The van der Waals surface area contributed by atoms with Crippen molar-refractivity contribution in [1.82, 2.24) is 5.32 Å². The molecule has 2 rings (SSSR count). The molecule has 0 bridgehead atoms. The molecule has 2 N–H and O–H groups in total. The first-order chi connectivity index (χ1) is 10.1. The van der Waals surface area contributed by atoms with Crippen molar-refractivity contribution in [1.29, 1.82) is 0 Å². The third-order valence-electron chi connectivity index (χ3n) is 3.42. The van der Waals surface area contributed by atoms with Gasteiger partial charge in [-0.25, -0.2) is 9.18 Å². The zero-order chi connectivity index (χ0) is 15.2. The number of carboxylic acids is 1. The van der Waals surface area contributed by atoms with Crippen LogP contribution in [0.15, 0.2) is 42.5 Å². The Balaban J connectivity index is 2.03. The van der Waals surface area contributed by atoms with E-state index in [0.717, 1.165) is 6.42 Å². The van der Waals surface area contributed by atoms with E-state index < -0.39 is 11.8 Å². The van der Waals surface area contributed by atoms with Crippen molar-refractivity contribution in [2.24, 2.45) is 0 Å². The highest BCUT2D eigenvalue weighted by Crippen LogP contribution is 2.12. The lowest BCUT2D eigenvalue weighted by Crippen LogP contribution is -2.15. The first-order valence-corrected chi connectivity index (χ1v) is 6.91. The van der Waals surface area contributed by atoms with Crippen LogP contribution in [0.1, 0.15) is 34.0 Å². The number of hydrogen-bond acceptors (Lipinski definition) is 2. The van der Waals surface area contributed by atoms with E-state index in [-0.39, 0.29) is 5.56 Å². The molecule has 0 aromatic heterocycles. The highest BCUT2D eigenvalue weighted by atomic mass is 19.1. The summed E-state index contributed by atoms with van der Waals surface area (Å²) in [5.41, 5.74) is 2.89. The third kappa shape index (κ3) is 3.89. The second-order valence-electron chi connectivity index (χ2n) is 4.84. The molecular formula is C17H18FNO2. The molecule has 0 saturated carbocycles. The van der Waals surface area contributed by atoms with E-state index in [2.05, 4.69) is 18.3 Å². The number of carbonyl (C=O) groups is 1. The van der Waals surface area contributed by atoms with Gasteiger partial charge in [-0.3, -0.25) is 0 Å². The van der Waals surface area contributed by atoms with Crippen molar-refractivity contribution in [3.05, 3.63) is 70.5 Å². The van der Waals surface area contributed by atoms with Crippen molar-refractivity contribution < 1.29 is 14.3 Å². The van der Waals surface area contributed by atoms with Gasteiger partial charge in [0.05, 0.1) is 5.56 Å². The average molecular weight is 287 g/mol. The van der Waals surface area contributed by atoms with Gasteiger partial charge in [0.15, 0.2) is 0 Å². The summed E-state index contributed by atoms with van der Waals surface area (Å²) < 4.78 is 13.7. The second-order valence-corrected chi connectivity index (χ2v) is 4.84. The highest BCUT2D eigenvalue weighted by molar-refractivity contribution is 5.87. The van der Waals surface area contributed by atoms with Crippen molar-refractivity contribution in [3.63, 3.8) is 0 Å². The SMILES string of the molecule is CCc1ccccc1CNCc1cc(C(=O)O)ccc1F. The van der Waals surface area contributed by atoms with E-state index in [1.54, 1.807) is 0 Å². The lowest BCUT2D eigenvalue weighted by atomic mass is 10.1. The Morgan fingerprint density at radius 2 is 1.76 bits per heavy atom. The largest absolute Gasteiger partial charge is 0.478 e. The number of benzene rings is 2. The Morgan fingerprint density at radius 1 is 1.10 bits per heavy atom. The average Bonchev–Trinajstić information content (AvgIpc) is 2.49. The molecular weight excluding hydrogens is 269 g/mol. The van der Waals surface area contributed by atoms with Crippen LogP contribution in [0.2, 0.25) is 0 Å². The molecule has 21 heavy (non-hydrogen) atoms. The topological polar surface area (TPSA) is 49.3 Å². The third-order valence-corrected chi connectivity index (χ3v) is 3.42. The number of aromatic carboxylic acids is 1. The van der Waals surface area contributed by atoms with E-state index in [9.17, 15) is 9.18 Å². The molecule has 110 valence electrons. The standard InChI is InChI=1S/C17H18FNO2/c1-2-12-5-3-4-6-14(12)10-19-11-15-9-13(17(20)21)7-8-16(15)18/h3-9,19H,2,10-11H2,1H3,(H,20,21). The van der Waals surface area contributed by atoms with E-state index in [1.807, 2.05) is 18.2 Å². The number of hydrogen-bond donors (Lipinski definition) is 2. The minimum Gasteiger partial charge on any atom is -0.478 e. The fourth-order valence-electron chi connectivity index (χ4n) is 2.25. The molecule has 0 saturated heterocycles. The quantitative estimate of drug-likeness (QED) is 0.856. The maximum absolute atomic E-state index is 13.7. The lowest BCUT2D eigenvalue weighted by molar-refractivity contribution is 0.0696. The fraction of sp³-hybridized carbons (Fsp3) is 0.235. The number of nitrogens with one attached hydrogen (secondary N) is 1. The summed E-state index contributed by atoms with van der Waals surface area (Å²) in [6, 6.07) is 11.9. The van der Waals surface area contributed by atoms with Gasteiger partial charge in [-0.05, 0) is 35.7 Å². The zero-order valence-electron chi connectivity index (χ0n) is 11.9. The Kier molecular flexibility index (Phi) is 5.06. The van der Waals surface area contributed by atoms with Gasteiger partial charge in [-0.15, -0.1) is 0 Å². The van der Waals surface area contributed by atoms with Crippen LogP contribution in [0, 0.1) is 5.82 Å². The Hall–Kier alpha value is -2.20. The maximum Gasteiger partial charge on any atom is 0.335 e. The number of aryl methyl sites for hydroxylation is 1. The van der Waals surface area contributed by atoms with Crippen molar-refractivity contribution in [2.45, 2.75) is 26.4 Å². The molecule has 0 fully saturated rings. The van der Waals surface area contributed by atoms with Gasteiger partial charge in [0.1, 0.15) is 5.82 Å². The molecule has 0 atom stereocenters. The first kappa shape index (κ1) is 15.2. The predicted molar refractivity (Wildman–Crippen MR) is 79.7 cm³/mol. The Morgan fingerprint density at radius 3 is 2.43 bits per heavy atom. The van der Waals surface area contributed by atoms with Crippen LogP contribution in [-0.4, -0.2) is 11.1 Å². The summed E-state index contributed by atoms with van der Waals surface area (Å²) in [7, 11) is 0. The van der Waals surface area contributed by atoms with Gasteiger partial charge in [-0.1, -0.05) is 31.2 Å². The van der Waals surface area contributed by atoms with Crippen molar-refractivity contribution in [2.75, 3.05) is 0 Å². The Bertz CT molecular complexity index is 640. The number of halogens is 1. The van der Waals surface area contributed by atoms with Gasteiger partial charge in [0.25, 0.3) is 0 Å². The zero-order valence-corrected chi connectivity index (χ0v) is 11.9. The monoisotopic (exact) mass is 287 g/mol. The maximum atomic E-state index is 13.7. The minimum atomic E-state index is -1.05. The van der Waals surface area contributed by atoms with E-state index in [4.69, 9.17) is 5.11 Å². The molecule has 0 aliphatic carbocycles. The van der Waals surface area contributed by atoms with E-state index in [0.29, 0.717) is 18.7 Å². The van der Waals surface area contributed by atoms with Crippen LogP contribution in [0.25, 0.3) is 0 Å². The molecule has 0 spiro atoms. The van der Waals surface area contributed by atoms with Gasteiger partial charge in [0.2, 0.25) is 0 Å². The van der Waals surface area contributed by atoms with Crippen LogP contribution in [-0.2, 0) is 19.5 Å². The summed E-state index contributed by atoms with van der Waals surface area (Å²) in [6.07, 6.45) is 0.945. The summed E-state index contributed by atoms with van der Waals surface area (Å²) in [4.78, 5) is 10.9. The van der Waals surface area contributed by atoms with Crippen LogP contribution >= 0.6 is 0 Å². The van der Waals surface area contributed by atoms with Crippen molar-refractivity contribution >= 4 is 5.97 Å². The molecule has 0 aliphatic heterocycles. The number of rotatable bonds is 6. The first-order valence-electron chi connectivity index (χ1n) is 6.91. The smallest absolute Gasteiger partial charge is 0.335 e. The summed E-state index contributed by atoms with van der Waals surface area (Å²) in [5.74, 6) is -1.44. The molecule has 0 aliphatic rings. The predicted octanol–water partition coefficient (Wildman–Crippen LogP) is 3.38. The number of carboxylic acid groups (broad SMARTS) is 1. The summed E-state index contributed by atoms with van der Waals surface area (Å²) in [5, 5.41) is 12.1. The van der Waals surface area contributed by atoms with Gasteiger partial charge < -0.3 is 10.4 Å². The molecule has 0 heterocycles. The van der Waals surface area contributed by atoms with E-state index >= 15 is 0 Å². The molecule has 2 aromatic rings. The highest BCUT2D eigenvalue weighted by Gasteiger charge is 2.08. The van der Waals surface area contributed by atoms with Gasteiger partial charge in [-0.2, -0.15) is 0 Å². The molecule has 0 radical (unpaired) electrons. The van der Waals surface area contributed by atoms with Crippen LogP contribution < -0.4 is 5.32 Å². The minimum absolute atomic E-state index is 0.0992. The fourth-order valence-corrected chi connectivity index (χ4v) is 2.25. The van der Waals surface area contributed by atoms with Gasteiger partial charge >= 0.3 is 5.97 Å². The molecule has 0 unspecified atom stereocenters. The lowest BCUT2D eigenvalue weighted by Gasteiger charge is -2.10. The van der Waals surface area contributed by atoms with Crippen LogP contribution in [0.4, 0.5) is 4.39 Å². The molecule has 4 heteroatoms. The summed E-state index contributed by atoms with van der Waals surface area (Å²) >= 11 is 0. The second kappa shape index (κ2) is 6.99. The van der Waals surface area contributed by atoms with Gasteiger partial charge in [0, 0.05) is 18.7 Å². The van der Waals surface area contributed by atoms with Crippen LogP contribution in [0.3, 0.4) is 0 Å². The molecule has 0 amide bonds. The molecule has 3 nitrogen and oxygen atoms in total. The normalized spacial score (nSPS) is 10.6. The summed E-state index contributed by atoms with van der Waals surface area (Å²) in [6.45, 7) is 3.01. The molecule has 2 aromatic carbocycles. The van der Waals surface area contributed by atoms with Crippen molar-refractivity contribution in [3.8, 4) is 0 Å². The van der Waals surface area contributed by atoms with E-state index in [1.165, 1.54) is 29.3 Å². The van der Waals surface area contributed by atoms with Crippen LogP contribution in [0.5, 0.6) is 0 Å².